The van der Waals surface area contributed by atoms with Crippen molar-refractivity contribution in [1.29, 1.82) is 0 Å². The summed E-state index contributed by atoms with van der Waals surface area (Å²) in [6.45, 7) is 0. The van der Waals surface area contributed by atoms with Gasteiger partial charge in [0, 0.05) is 4.47 Å². The fraction of sp³-hybridized carbons (Fsp3) is 0. The minimum Gasteiger partial charge on any atom is -0.334 e. The van der Waals surface area contributed by atoms with Gasteiger partial charge in [0.1, 0.15) is 5.82 Å². The smallest absolute Gasteiger partial charge is 0.239 e. The van der Waals surface area contributed by atoms with Crippen molar-refractivity contribution < 1.29 is 8.78 Å². The van der Waals surface area contributed by atoms with Gasteiger partial charge in [0.25, 0.3) is 0 Å². The van der Waals surface area contributed by atoms with E-state index in [1.165, 1.54) is 12.1 Å². The first-order valence-electron chi connectivity index (χ1n) is 4.82. The second-order valence-electron chi connectivity index (χ2n) is 3.26. The number of nitrogen functional groups attached to an aromatic ring is 1. The van der Waals surface area contributed by atoms with E-state index in [1.807, 2.05) is 0 Å². The van der Waals surface area contributed by atoms with Crippen molar-refractivity contribution >= 4 is 33.4 Å². The molecule has 0 bridgehead atoms. The van der Waals surface area contributed by atoms with Crippen molar-refractivity contribution in [1.82, 2.24) is 9.97 Å². The third kappa shape index (κ3) is 2.54. The van der Waals surface area contributed by atoms with E-state index < -0.39 is 11.6 Å². The lowest BCUT2D eigenvalue weighted by atomic mass is 10.3. The molecular weight excluding hydrogens is 308 g/mol. The zero-order valence-corrected chi connectivity index (χ0v) is 10.5. The quantitative estimate of drug-likeness (QED) is 0.599. The van der Waals surface area contributed by atoms with Crippen molar-refractivity contribution in [2.45, 2.75) is 0 Å². The molecule has 0 aliphatic heterocycles. The first kappa shape index (κ1) is 12.7. The standard InChI is InChI=1S/C10H8BrF2N5/c11-5-2-1-3-6(12)8(5)16-9-7(13)4-15-10(17-9)18-14/h1-4H,14H2,(H2,15,16,17,18). The van der Waals surface area contributed by atoms with Gasteiger partial charge in [-0.05, 0) is 28.1 Å². The Morgan fingerprint density at radius 1 is 1.22 bits per heavy atom. The molecule has 1 heterocycles. The Balaban J connectivity index is 2.39. The van der Waals surface area contributed by atoms with Crippen LogP contribution >= 0.6 is 15.9 Å². The number of nitrogens with one attached hydrogen (secondary N) is 2. The number of anilines is 3. The Hall–Kier alpha value is -1.80. The molecule has 0 aliphatic carbocycles. The van der Waals surface area contributed by atoms with E-state index in [2.05, 4.69) is 36.6 Å². The van der Waals surface area contributed by atoms with Crippen molar-refractivity contribution in [3.63, 3.8) is 0 Å². The molecule has 1 aromatic heterocycles. The van der Waals surface area contributed by atoms with Crippen molar-refractivity contribution in [2.24, 2.45) is 5.84 Å². The van der Waals surface area contributed by atoms with Crippen molar-refractivity contribution in [3.8, 4) is 0 Å². The van der Waals surface area contributed by atoms with Crippen LogP contribution in [0.5, 0.6) is 0 Å². The highest BCUT2D eigenvalue weighted by Gasteiger charge is 2.11. The number of halogens is 3. The van der Waals surface area contributed by atoms with Crippen LogP contribution < -0.4 is 16.6 Å². The third-order valence-corrected chi connectivity index (χ3v) is 2.74. The minimum absolute atomic E-state index is 0.0198. The number of rotatable bonds is 3. The number of hydrazine groups is 1. The lowest BCUT2D eigenvalue weighted by Gasteiger charge is -2.10. The molecule has 0 fully saturated rings. The monoisotopic (exact) mass is 315 g/mol. The van der Waals surface area contributed by atoms with Gasteiger partial charge < -0.3 is 5.32 Å². The second-order valence-corrected chi connectivity index (χ2v) is 4.11. The van der Waals surface area contributed by atoms with E-state index in [0.29, 0.717) is 4.47 Å². The van der Waals surface area contributed by atoms with E-state index in [0.717, 1.165) is 6.20 Å². The molecule has 0 spiro atoms. The predicted molar refractivity (Wildman–Crippen MR) is 67.2 cm³/mol. The Bertz CT molecular complexity index is 558. The van der Waals surface area contributed by atoms with Crippen molar-refractivity contribution in [2.75, 3.05) is 10.7 Å². The maximum absolute atomic E-state index is 13.6. The van der Waals surface area contributed by atoms with Gasteiger partial charge in [0.05, 0.1) is 11.9 Å². The van der Waals surface area contributed by atoms with Crippen LogP contribution in [0.25, 0.3) is 0 Å². The van der Waals surface area contributed by atoms with Crippen LogP contribution in [0.4, 0.5) is 26.2 Å². The van der Waals surface area contributed by atoms with Gasteiger partial charge in [-0.1, -0.05) is 6.07 Å². The molecule has 0 aliphatic rings. The summed E-state index contributed by atoms with van der Waals surface area (Å²) in [6, 6.07) is 4.38. The summed E-state index contributed by atoms with van der Waals surface area (Å²) in [5.74, 6) is 3.70. The Morgan fingerprint density at radius 3 is 2.67 bits per heavy atom. The zero-order valence-electron chi connectivity index (χ0n) is 8.92. The highest BCUT2D eigenvalue weighted by molar-refractivity contribution is 9.10. The predicted octanol–water partition coefficient (Wildman–Crippen LogP) is 2.55. The number of nitrogens with two attached hydrogens (primary N) is 1. The number of hydrogen-bond acceptors (Lipinski definition) is 5. The van der Waals surface area contributed by atoms with Gasteiger partial charge in [-0.25, -0.2) is 19.6 Å². The summed E-state index contributed by atoms with van der Waals surface area (Å²) in [4.78, 5) is 7.32. The Labute approximate surface area is 110 Å². The topological polar surface area (TPSA) is 75.9 Å². The van der Waals surface area contributed by atoms with E-state index in [-0.39, 0.29) is 17.5 Å². The molecule has 0 saturated carbocycles. The van der Waals surface area contributed by atoms with Crippen LogP contribution in [0.1, 0.15) is 0 Å². The van der Waals surface area contributed by atoms with E-state index in [9.17, 15) is 8.78 Å². The van der Waals surface area contributed by atoms with Crippen LogP contribution in [0, 0.1) is 11.6 Å². The minimum atomic E-state index is -0.718. The lowest BCUT2D eigenvalue weighted by Crippen LogP contribution is -2.12. The lowest BCUT2D eigenvalue weighted by molar-refractivity contribution is 0.616. The van der Waals surface area contributed by atoms with Gasteiger partial charge in [0.15, 0.2) is 11.6 Å². The summed E-state index contributed by atoms with van der Waals surface area (Å²) in [5.41, 5.74) is 2.26. The first-order valence-corrected chi connectivity index (χ1v) is 5.61. The molecule has 5 nitrogen and oxygen atoms in total. The Kier molecular flexibility index (Phi) is 3.68. The van der Waals surface area contributed by atoms with Crippen LogP contribution in [-0.2, 0) is 0 Å². The average Bonchev–Trinajstić information content (AvgIpc) is 2.36. The summed E-state index contributed by atoms with van der Waals surface area (Å²) < 4.78 is 27.5. The van der Waals surface area contributed by atoms with Gasteiger partial charge >= 0.3 is 0 Å². The molecule has 0 unspecified atom stereocenters. The van der Waals surface area contributed by atoms with Crippen molar-refractivity contribution in [3.05, 3.63) is 40.5 Å². The Morgan fingerprint density at radius 2 is 2.00 bits per heavy atom. The molecule has 0 radical (unpaired) electrons. The van der Waals surface area contributed by atoms with Crippen LogP contribution in [-0.4, -0.2) is 9.97 Å². The number of hydrogen-bond donors (Lipinski definition) is 3. The molecule has 8 heteroatoms. The average molecular weight is 316 g/mol. The van der Waals surface area contributed by atoms with E-state index in [4.69, 9.17) is 5.84 Å². The third-order valence-electron chi connectivity index (χ3n) is 2.08. The molecule has 2 aromatic rings. The van der Waals surface area contributed by atoms with Crippen LogP contribution in [0.15, 0.2) is 28.9 Å². The number of aromatic nitrogens is 2. The van der Waals surface area contributed by atoms with Gasteiger partial charge in [-0.3, -0.25) is 5.43 Å². The van der Waals surface area contributed by atoms with Gasteiger partial charge in [-0.15, -0.1) is 0 Å². The van der Waals surface area contributed by atoms with Crippen LogP contribution in [0.2, 0.25) is 0 Å². The van der Waals surface area contributed by atoms with E-state index >= 15 is 0 Å². The largest absolute Gasteiger partial charge is 0.334 e. The van der Waals surface area contributed by atoms with E-state index in [1.54, 1.807) is 6.07 Å². The SMILES string of the molecule is NNc1ncc(F)c(Nc2c(F)cccc2Br)n1. The molecule has 0 amide bonds. The fourth-order valence-electron chi connectivity index (χ4n) is 1.26. The fourth-order valence-corrected chi connectivity index (χ4v) is 1.70. The normalized spacial score (nSPS) is 10.2. The molecule has 2 rings (SSSR count). The maximum atomic E-state index is 13.6. The van der Waals surface area contributed by atoms with Crippen LogP contribution in [0.3, 0.4) is 0 Å². The molecule has 1 aromatic carbocycles. The van der Waals surface area contributed by atoms with Gasteiger partial charge in [0.2, 0.25) is 5.95 Å². The molecule has 0 atom stereocenters. The second kappa shape index (κ2) is 5.23. The molecule has 18 heavy (non-hydrogen) atoms. The first-order chi connectivity index (χ1) is 8.61. The number of nitrogens with zero attached hydrogens (tertiary/aromatic N) is 2. The summed E-state index contributed by atoms with van der Waals surface area (Å²) in [5, 5.41) is 2.54. The van der Waals surface area contributed by atoms with Gasteiger partial charge in [-0.2, -0.15) is 4.98 Å². The highest BCUT2D eigenvalue weighted by atomic mass is 79.9. The number of para-hydroxylation sites is 1. The highest BCUT2D eigenvalue weighted by Crippen LogP contribution is 2.28. The summed E-state index contributed by atoms with van der Waals surface area (Å²) in [7, 11) is 0. The summed E-state index contributed by atoms with van der Waals surface area (Å²) >= 11 is 3.16. The zero-order chi connectivity index (χ0) is 13.1. The molecule has 0 saturated heterocycles. The summed E-state index contributed by atoms with van der Waals surface area (Å²) in [6.07, 6.45) is 0.930. The maximum Gasteiger partial charge on any atom is 0.239 e. The number of benzene rings is 1. The molecular formula is C10H8BrF2N5. The molecule has 94 valence electrons. The molecule has 4 N–H and O–H groups in total.